The minimum Gasteiger partial charge on any atom is -0.493 e. The summed E-state index contributed by atoms with van der Waals surface area (Å²) in [6.45, 7) is 2.04. The van der Waals surface area contributed by atoms with Crippen LogP contribution in [0, 0.1) is 5.92 Å². The quantitative estimate of drug-likeness (QED) is 0.884. The molecule has 1 saturated carbocycles. The van der Waals surface area contributed by atoms with Gasteiger partial charge in [0.25, 0.3) is 0 Å². The Labute approximate surface area is 112 Å². The Balaban J connectivity index is 2.10. The molecule has 3 N–H and O–H groups in total. The predicted molar refractivity (Wildman–Crippen MR) is 73.5 cm³/mol. The first-order chi connectivity index (χ1) is 9.06. The number of aromatic nitrogens is 2. The second-order valence-corrected chi connectivity index (χ2v) is 5.37. The van der Waals surface area contributed by atoms with Crippen molar-refractivity contribution in [3.8, 4) is 11.5 Å². The second-order valence-electron chi connectivity index (χ2n) is 5.37. The molecule has 1 unspecified atom stereocenters. The minimum absolute atomic E-state index is 0.389. The van der Waals surface area contributed by atoms with E-state index in [2.05, 4.69) is 9.97 Å². The summed E-state index contributed by atoms with van der Waals surface area (Å²) in [6, 6.07) is 3.77. The van der Waals surface area contributed by atoms with Crippen molar-refractivity contribution in [2.75, 3.05) is 14.2 Å². The zero-order valence-corrected chi connectivity index (χ0v) is 11.5. The number of hydrogen-bond donors (Lipinski definition) is 2. The molecule has 1 aliphatic rings. The van der Waals surface area contributed by atoms with Crippen LogP contribution in [0.5, 0.6) is 11.5 Å². The molecule has 102 valence electrons. The number of ether oxygens (including phenoxy) is 2. The van der Waals surface area contributed by atoms with Crippen LogP contribution in [-0.4, -0.2) is 24.2 Å². The van der Waals surface area contributed by atoms with E-state index in [1.54, 1.807) is 14.2 Å². The molecule has 0 saturated heterocycles. The summed E-state index contributed by atoms with van der Waals surface area (Å²) in [5, 5.41) is 0. The molecule has 1 aliphatic carbocycles. The number of nitrogens with two attached hydrogens (primary N) is 1. The number of benzene rings is 1. The van der Waals surface area contributed by atoms with Gasteiger partial charge in [-0.15, -0.1) is 0 Å². The number of imidazole rings is 1. The Hall–Kier alpha value is -1.75. The molecule has 1 atom stereocenters. The maximum Gasteiger partial charge on any atom is 0.163 e. The first-order valence-corrected chi connectivity index (χ1v) is 6.47. The smallest absolute Gasteiger partial charge is 0.163 e. The van der Waals surface area contributed by atoms with E-state index >= 15 is 0 Å². The summed E-state index contributed by atoms with van der Waals surface area (Å²) < 4.78 is 10.6. The Morgan fingerprint density at radius 3 is 2.47 bits per heavy atom. The summed E-state index contributed by atoms with van der Waals surface area (Å²) in [4.78, 5) is 7.93. The van der Waals surface area contributed by atoms with Crippen LogP contribution in [0.4, 0.5) is 0 Å². The van der Waals surface area contributed by atoms with Gasteiger partial charge in [-0.25, -0.2) is 4.98 Å². The van der Waals surface area contributed by atoms with Crippen molar-refractivity contribution in [2.45, 2.75) is 25.3 Å². The molecule has 1 aromatic heterocycles. The van der Waals surface area contributed by atoms with Crippen LogP contribution in [-0.2, 0) is 5.54 Å². The number of fused-ring (bicyclic) bond motifs is 1. The molecule has 0 spiro atoms. The van der Waals surface area contributed by atoms with E-state index in [-0.39, 0.29) is 5.54 Å². The van der Waals surface area contributed by atoms with Crippen LogP contribution in [0.25, 0.3) is 11.0 Å². The molecule has 0 aliphatic heterocycles. The summed E-state index contributed by atoms with van der Waals surface area (Å²) in [6.07, 6.45) is 2.35. The van der Waals surface area contributed by atoms with Crippen molar-refractivity contribution in [2.24, 2.45) is 11.7 Å². The fourth-order valence-electron chi connectivity index (χ4n) is 2.47. The third kappa shape index (κ3) is 1.94. The number of methoxy groups -OCH3 is 2. The zero-order valence-electron chi connectivity index (χ0n) is 11.5. The van der Waals surface area contributed by atoms with Crippen molar-refractivity contribution >= 4 is 11.0 Å². The summed E-state index contributed by atoms with van der Waals surface area (Å²) in [7, 11) is 3.24. The highest BCUT2D eigenvalue weighted by molar-refractivity contribution is 5.80. The maximum absolute atomic E-state index is 6.39. The van der Waals surface area contributed by atoms with Gasteiger partial charge in [0, 0.05) is 12.1 Å². The first kappa shape index (κ1) is 12.3. The number of H-pyrrole nitrogens is 1. The molecular weight excluding hydrogens is 242 g/mol. The van der Waals surface area contributed by atoms with E-state index in [0.29, 0.717) is 17.4 Å². The summed E-state index contributed by atoms with van der Waals surface area (Å²) >= 11 is 0. The SMILES string of the molecule is COc1cc2nc(C(C)(N)C3CC3)[nH]c2cc1OC. The van der Waals surface area contributed by atoms with Crippen molar-refractivity contribution in [3.05, 3.63) is 18.0 Å². The van der Waals surface area contributed by atoms with E-state index < -0.39 is 0 Å². The van der Waals surface area contributed by atoms with E-state index in [1.165, 1.54) is 12.8 Å². The molecule has 0 radical (unpaired) electrons. The zero-order chi connectivity index (χ0) is 13.6. The lowest BCUT2D eigenvalue weighted by molar-refractivity contribution is 0.356. The summed E-state index contributed by atoms with van der Waals surface area (Å²) in [5.41, 5.74) is 7.78. The largest absolute Gasteiger partial charge is 0.493 e. The van der Waals surface area contributed by atoms with Crippen LogP contribution >= 0.6 is 0 Å². The van der Waals surface area contributed by atoms with Crippen LogP contribution in [0.15, 0.2) is 12.1 Å². The molecule has 2 aromatic rings. The molecule has 0 amide bonds. The normalized spacial score (nSPS) is 18.3. The van der Waals surface area contributed by atoms with Crippen molar-refractivity contribution < 1.29 is 9.47 Å². The molecule has 0 bridgehead atoms. The lowest BCUT2D eigenvalue weighted by atomic mass is 9.97. The Morgan fingerprint density at radius 1 is 1.26 bits per heavy atom. The van der Waals surface area contributed by atoms with Gasteiger partial charge in [0.2, 0.25) is 0 Å². The van der Waals surface area contributed by atoms with Gasteiger partial charge in [-0.1, -0.05) is 0 Å². The van der Waals surface area contributed by atoms with Crippen molar-refractivity contribution in [1.82, 2.24) is 9.97 Å². The van der Waals surface area contributed by atoms with Gasteiger partial charge in [0.15, 0.2) is 11.5 Å². The molecule has 1 aromatic carbocycles. The van der Waals surface area contributed by atoms with Gasteiger partial charge < -0.3 is 20.2 Å². The van der Waals surface area contributed by atoms with Crippen molar-refractivity contribution in [3.63, 3.8) is 0 Å². The Bertz CT molecular complexity index is 573. The number of aromatic amines is 1. The van der Waals surface area contributed by atoms with Gasteiger partial charge in [0.1, 0.15) is 5.82 Å². The average Bonchev–Trinajstić information content (AvgIpc) is 3.17. The highest BCUT2D eigenvalue weighted by atomic mass is 16.5. The topological polar surface area (TPSA) is 73.2 Å². The molecular formula is C14H19N3O2. The standard InChI is InChI=1S/C14H19N3O2/c1-14(15,8-4-5-8)13-16-9-6-11(18-2)12(19-3)7-10(9)17-13/h6-8H,4-5,15H2,1-3H3,(H,16,17). The lowest BCUT2D eigenvalue weighted by Gasteiger charge is -2.21. The van der Waals surface area contributed by atoms with E-state index in [9.17, 15) is 0 Å². The fourth-order valence-corrected chi connectivity index (χ4v) is 2.47. The number of rotatable bonds is 4. The Morgan fingerprint density at radius 2 is 1.89 bits per heavy atom. The number of nitrogens with zero attached hydrogens (tertiary/aromatic N) is 1. The predicted octanol–water partition coefficient (Wildman–Crippen LogP) is 2.16. The number of hydrogen-bond acceptors (Lipinski definition) is 4. The molecule has 1 fully saturated rings. The Kier molecular flexibility index (Phi) is 2.67. The molecule has 1 heterocycles. The van der Waals surface area contributed by atoms with Gasteiger partial charge in [-0.2, -0.15) is 0 Å². The van der Waals surface area contributed by atoms with Crippen molar-refractivity contribution in [1.29, 1.82) is 0 Å². The maximum atomic E-state index is 6.39. The lowest BCUT2D eigenvalue weighted by Crippen LogP contribution is -2.36. The summed E-state index contributed by atoms with van der Waals surface area (Å²) in [5.74, 6) is 2.73. The fraction of sp³-hybridized carbons (Fsp3) is 0.500. The number of nitrogens with one attached hydrogen (secondary N) is 1. The van der Waals surface area contributed by atoms with Gasteiger partial charge in [0.05, 0.1) is 30.8 Å². The monoisotopic (exact) mass is 261 g/mol. The first-order valence-electron chi connectivity index (χ1n) is 6.47. The average molecular weight is 261 g/mol. The molecule has 19 heavy (non-hydrogen) atoms. The van der Waals surface area contributed by atoms with Crippen LogP contribution in [0.3, 0.4) is 0 Å². The van der Waals surface area contributed by atoms with E-state index in [0.717, 1.165) is 16.9 Å². The van der Waals surface area contributed by atoms with Gasteiger partial charge in [-0.05, 0) is 25.7 Å². The molecule has 5 heteroatoms. The van der Waals surface area contributed by atoms with E-state index in [4.69, 9.17) is 15.2 Å². The highest BCUT2D eigenvalue weighted by Crippen LogP contribution is 2.43. The van der Waals surface area contributed by atoms with Crippen LogP contribution < -0.4 is 15.2 Å². The third-order valence-corrected chi connectivity index (χ3v) is 3.92. The van der Waals surface area contributed by atoms with Gasteiger partial charge in [-0.3, -0.25) is 0 Å². The van der Waals surface area contributed by atoms with Gasteiger partial charge >= 0.3 is 0 Å². The highest BCUT2D eigenvalue weighted by Gasteiger charge is 2.41. The molecule has 3 rings (SSSR count). The second kappa shape index (κ2) is 4.13. The van der Waals surface area contributed by atoms with Crippen LogP contribution in [0.2, 0.25) is 0 Å². The minimum atomic E-state index is -0.389. The van der Waals surface area contributed by atoms with E-state index in [1.807, 2.05) is 19.1 Å². The third-order valence-electron chi connectivity index (χ3n) is 3.92. The van der Waals surface area contributed by atoms with Crippen LogP contribution in [0.1, 0.15) is 25.6 Å². The molecule has 5 nitrogen and oxygen atoms in total.